The molecule has 1 aliphatic heterocycles. The molecule has 1 saturated heterocycles. The van der Waals surface area contributed by atoms with E-state index in [4.69, 9.17) is 23.7 Å². The van der Waals surface area contributed by atoms with Gasteiger partial charge in [-0.25, -0.2) is 4.79 Å². The van der Waals surface area contributed by atoms with Gasteiger partial charge in [0.15, 0.2) is 11.5 Å². The molecule has 1 heterocycles. The maximum absolute atomic E-state index is 13.0. The van der Waals surface area contributed by atoms with Gasteiger partial charge in [0.05, 0.1) is 20.8 Å². The first-order valence-corrected chi connectivity index (χ1v) is 9.84. The van der Waals surface area contributed by atoms with Gasteiger partial charge < -0.3 is 44.1 Å². The zero-order chi connectivity index (χ0) is 23.3. The molecule has 0 aromatic heterocycles. The van der Waals surface area contributed by atoms with E-state index >= 15 is 0 Å². The SMILES string of the molecule is COc1ccc(OC)c(C(=O)OCc2ccccc2)c1O[C@@H]1O[C@H](CO)[C@@H](O)[C@H](O)[C@H]1O. The second-order valence-electron chi connectivity index (χ2n) is 7.05. The predicted molar refractivity (Wildman–Crippen MR) is 110 cm³/mol. The van der Waals surface area contributed by atoms with Crippen molar-refractivity contribution in [3.8, 4) is 17.2 Å². The highest BCUT2D eigenvalue weighted by atomic mass is 16.7. The van der Waals surface area contributed by atoms with E-state index in [-0.39, 0.29) is 29.4 Å². The number of carbonyl (C=O) groups is 1. The van der Waals surface area contributed by atoms with Crippen molar-refractivity contribution in [2.45, 2.75) is 37.3 Å². The molecule has 0 bridgehead atoms. The van der Waals surface area contributed by atoms with E-state index in [0.29, 0.717) is 0 Å². The minimum absolute atomic E-state index is 0.0144. The van der Waals surface area contributed by atoms with E-state index in [1.807, 2.05) is 18.2 Å². The molecular weight excluding hydrogens is 424 g/mol. The van der Waals surface area contributed by atoms with Crippen molar-refractivity contribution in [2.75, 3.05) is 20.8 Å². The van der Waals surface area contributed by atoms with Crippen LogP contribution in [0.1, 0.15) is 15.9 Å². The van der Waals surface area contributed by atoms with Crippen LogP contribution in [0.25, 0.3) is 0 Å². The number of rotatable bonds is 8. The van der Waals surface area contributed by atoms with Crippen LogP contribution in [-0.2, 0) is 16.1 Å². The highest BCUT2D eigenvalue weighted by Gasteiger charge is 2.45. The number of hydrogen-bond acceptors (Lipinski definition) is 10. The fraction of sp³-hybridized carbons (Fsp3) is 0.409. The van der Waals surface area contributed by atoms with Crippen LogP contribution >= 0.6 is 0 Å². The van der Waals surface area contributed by atoms with Crippen LogP contribution in [0.2, 0.25) is 0 Å². The van der Waals surface area contributed by atoms with Gasteiger partial charge >= 0.3 is 5.97 Å². The van der Waals surface area contributed by atoms with Crippen molar-refractivity contribution in [2.24, 2.45) is 0 Å². The molecule has 2 aromatic carbocycles. The van der Waals surface area contributed by atoms with E-state index in [0.717, 1.165) is 5.56 Å². The average Bonchev–Trinajstić information content (AvgIpc) is 2.83. The molecule has 0 aliphatic carbocycles. The van der Waals surface area contributed by atoms with Gasteiger partial charge in [-0.1, -0.05) is 30.3 Å². The van der Waals surface area contributed by atoms with E-state index in [2.05, 4.69) is 0 Å². The molecule has 2 aromatic rings. The van der Waals surface area contributed by atoms with Gasteiger partial charge in [0.1, 0.15) is 42.3 Å². The molecule has 5 atom stereocenters. The maximum atomic E-state index is 13.0. The number of benzene rings is 2. The quantitative estimate of drug-likeness (QED) is 0.413. The van der Waals surface area contributed by atoms with E-state index < -0.39 is 43.3 Å². The van der Waals surface area contributed by atoms with Crippen LogP contribution in [0, 0.1) is 0 Å². The third kappa shape index (κ3) is 4.95. The summed E-state index contributed by atoms with van der Waals surface area (Å²) in [5.41, 5.74) is 0.638. The van der Waals surface area contributed by atoms with Gasteiger partial charge in [-0.3, -0.25) is 0 Å². The van der Waals surface area contributed by atoms with Gasteiger partial charge in [-0.15, -0.1) is 0 Å². The Hall–Kier alpha value is -2.89. The van der Waals surface area contributed by atoms with Gasteiger partial charge in [0, 0.05) is 0 Å². The van der Waals surface area contributed by atoms with Crippen LogP contribution in [-0.4, -0.2) is 77.9 Å². The predicted octanol–water partition coefficient (Wildman–Crippen LogP) is 0.239. The van der Waals surface area contributed by atoms with Gasteiger partial charge in [-0.05, 0) is 17.7 Å². The second-order valence-corrected chi connectivity index (χ2v) is 7.05. The molecule has 10 nitrogen and oxygen atoms in total. The number of aliphatic hydroxyl groups is 4. The minimum atomic E-state index is -1.68. The lowest BCUT2D eigenvalue weighted by molar-refractivity contribution is -0.277. The molecule has 10 heteroatoms. The standard InChI is InChI=1S/C22H26O10/c1-28-13-8-9-14(29-2)20(16(13)21(27)30-11-12-6-4-3-5-7-12)32-22-19(26)18(25)17(24)15(10-23)31-22/h3-9,15,17-19,22-26H,10-11H2,1-2H3/t15-,17-,18+,19-,22+/m1/s1. The van der Waals surface area contributed by atoms with Gasteiger partial charge in [-0.2, -0.15) is 0 Å². The zero-order valence-corrected chi connectivity index (χ0v) is 17.6. The molecular formula is C22H26O10. The number of ether oxygens (including phenoxy) is 5. The normalized spacial score (nSPS) is 25.1. The lowest BCUT2D eigenvalue weighted by Gasteiger charge is -2.39. The van der Waals surface area contributed by atoms with Crippen molar-refractivity contribution in [3.63, 3.8) is 0 Å². The van der Waals surface area contributed by atoms with Crippen molar-refractivity contribution in [1.29, 1.82) is 0 Å². The molecule has 0 spiro atoms. The Balaban J connectivity index is 1.92. The summed E-state index contributed by atoms with van der Waals surface area (Å²) < 4.78 is 27.1. The smallest absolute Gasteiger partial charge is 0.346 e. The Bertz CT molecular complexity index is 901. The van der Waals surface area contributed by atoms with Crippen molar-refractivity contribution < 1.29 is 48.9 Å². The molecule has 0 amide bonds. The molecule has 0 radical (unpaired) electrons. The molecule has 1 fully saturated rings. The third-order valence-electron chi connectivity index (χ3n) is 5.02. The molecule has 0 saturated carbocycles. The fourth-order valence-corrected chi connectivity index (χ4v) is 3.26. The van der Waals surface area contributed by atoms with Crippen LogP contribution < -0.4 is 14.2 Å². The Morgan fingerprint density at radius 2 is 1.59 bits per heavy atom. The average molecular weight is 450 g/mol. The lowest BCUT2D eigenvalue weighted by Crippen LogP contribution is -2.60. The number of carbonyl (C=O) groups excluding carboxylic acids is 1. The van der Waals surface area contributed by atoms with Gasteiger partial charge in [0.2, 0.25) is 6.29 Å². The summed E-state index contributed by atoms with van der Waals surface area (Å²) in [4.78, 5) is 13.0. The lowest BCUT2D eigenvalue weighted by atomic mass is 9.99. The first-order chi connectivity index (χ1) is 15.4. The highest BCUT2D eigenvalue weighted by molar-refractivity contribution is 5.96. The monoisotopic (exact) mass is 450 g/mol. The van der Waals surface area contributed by atoms with E-state index in [9.17, 15) is 25.2 Å². The van der Waals surface area contributed by atoms with Crippen molar-refractivity contribution in [3.05, 3.63) is 53.6 Å². The summed E-state index contributed by atoms with van der Waals surface area (Å²) in [6.45, 7) is -0.647. The zero-order valence-electron chi connectivity index (χ0n) is 17.6. The Morgan fingerprint density at radius 1 is 0.938 bits per heavy atom. The molecule has 3 rings (SSSR count). The number of esters is 1. The van der Waals surface area contributed by atoms with Crippen molar-refractivity contribution >= 4 is 5.97 Å². The maximum Gasteiger partial charge on any atom is 0.346 e. The summed E-state index contributed by atoms with van der Waals surface area (Å²) in [6.07, 6.45) is -7.62. The highest BCUT2D eigenvalue weighted by Crippen LogP contribution is 2.40. The number of hydrogen-bond donors (Lipinski definition) is 4. The summed E-state index contributed by atoms with van der Waals surface area (Å²) in [5.74, 6) is -0.726. The summed E-state index contributed by atoms with van der Waals surface area (Å²) >= 11 is 0. The molecule has 32 heavy (non-hydrogen) atoms. The van der Waals surface area contributed by atoms with Crippen molar-refractivity contribution in [1.82, 2.24) is 0 Å². The Kier molecular flexibility index (Phi) is 7.89. The largest absolute Gasteiger partial charge is 0.496 e. The van der Waals surface area contributed by atoms with Crippen LogP contribution in [0.3, 0.4) is 0 Å². The first kappa shape index (κ1) is 23.8. The molecule has 174 valence electrons. The topological polar surface area (TPSA) is 144 Å². The van der Waals surface area contributed by atoms with E-state index in [1.165, 1.54) is 26.4 Å². The van der Waals surface area contributed by atoms with Gasteiger partial charge in [0.25, 0.3) is 0 Å². The molecule has 4 N–H and O–H groups in total. The summed E-state index contributed by atoms with van der Waals surface area (Å²) in [5, 5.41) is 39.7. The molecule has 0 unspecified atom stereocenters. The summed E-state index contributed by atoms with van der Waals surface area (Å²) in [7, 11) is 2.70. The summed E-state index contributed by atoms with van der Waals surface area (Å²) in [6, 6.07) is 12.0. The first-order valence-electron chi connectivity index (χ1n) is 9.84. The van der Waals surface area contributed by atoms with Crippen LogP contribution in [0.5, 0.6) is 17.2 Å². The third-order valence-corrected chi connectivity index (χ3v) is 5.02. The Morgan fingerprint density at radius 3 is 2.22 bits per heavy atom. The fourth-order valence-electron chi connectivity index (χ4n) is 3.26. The second kappa shape index (κ2) is 10.6. The number of aliphatic hydroxyl groups excluding tert-OH is 4. The van der Waals surface area contributed by atoms with Crippen LogP contribution in [0.15, 0.2) is 42.5 Å². The van der Waals surface area contributed by atoms with E-state index in [1.54, 1.807) is 12.1 Å². The number of methoxy groups -OCH3 is 2. The Labute approximate surface area is 184 Å². The molecule has 1 aliphatic rings. The van der Waals surface area contributed by atoms with Crippen LogP contribution in [0.4, 0.5) is 0 Å². The minimum Gasteiger partial charge on any atom is -0.496 e.